The zero-order valence-electron chi connectivity index (χ0n) is 13.5. The number of hydrogen-bond donors (Lipinski definition) is 0. The summed E-state index contributed by atoms with van der Waals surface area (Å²) < 4.78 is 5.64. The van der Waals surface area contributed by atoms with Gasteiger partial charge in [-0.3, -0.25) is 9.59 Å². The number of amides is 1. The zero-order chi connectivity index (χ0) is 16.0. The Hall–Kier alpha value is -1.84. The third kappa shape index (κ3) is 2.19. The van der Waals surface area contributed by atoms with Gasteiger partial charge in [0.05, 0.1) is 0 Å². The highest BCUT2D eigenvalue weighted by atomic mass is 16.6. The van der Waals surface area contributed by atoms with Gasteiger partial charge < -0.3 is 9.64 Å². The van der Waals surface area contributed by atoms with Crippen molar-refractivity contribution in [3.05, 3.63) is 35.9 Å². The minimum atomic E-state index is -0.926. The van der Waals surface area contributed by atoms with Crippen molar-refractivity contribution in [2.45, 2.75) is 56.6 Å². The van der Waals surface area contributed by atoms with Crippen LogP contribution in [0, 0.1) is 5.92 Å². The molecule has 2 aliphatic carbocycles. The number of carbonyl (C=O) groups excluding carboxylic acids is 2. The molecule has 4 rings (SSSR count). The summed E-state index contributed by atoms with van der Waals surface area (Å²) >= 11 is 0. The summed E-state index contributed by atoms with van der Waals surface area (Å²) in [5.41, 5.74) is 0.181. The van der Waals surface area contributed by atoms with Crippen molar-refractivity contribution in [1.29, 1.82) is 0 Å². The molecule has 4 nitrogen and oxygen atoms in total. The molecule has 3 aliphatic rings. The third-order valence-electron chi connectivity index (χ3n) is 5.78. The Morgan fingerprint density at radius 2 is 1.87 bits per heavy atom. The molecule has 1 aromatic carbocycles. The molecule has 0 N–H and O–H groups in total. The fraction of sp³-hybridized carbons (Fsp3) is 0.579. The van der Waals surface area contributed by atoms with Crippen LogP contribution in [0.15, 0.2) is 30.3 Å². The van der Waals surface area contributed by atoms with E-state index in [1.54, 1.807) is 0 Å². The standard InChI is InChI=1S/C19H23NO3/c1-13(21)23-19-16(17(19)14-8-4-2-5-9-14)12-20(18(19)22)15-10-6-3-7-11-15/h2,4-5,8-9,15-17H,3,6-7,10-12H2,1H3/t16-,17-,19-/m1/s1. The zero-order valence-corrected chi connectivity index (χ0v) is 13.5. The highest BCUT2D eigenvalue weighted by molar-refractivity contribution is 5.96. The number of piperidine rings is 1. The molecule has 23 heavy (non-hydrogen) atoms. The van der Waals surface area contributed by atoms with E-state index in [2.05, 4.69) is 0 Å². The van der Waals surface area contributed by atoms with Crippen LogP contribution in [-0.4, -0.2) is 35.0 Å². The summed E-state index contributed by atoms with van der Waals surface area (Å²) in [5.74, 6) is -0.172. The molecule has 122 valence electrons. The number of rotatable bonds is 3. The monoisotopic (exact) mass is 313 g/mol. The maximum Gasteiger partial charge on any atom is 0.303 e. The van der Waals surface area contributed by atoms with Gasteiger partial charge in [0.2, 0.25) is 5.60 Å². The Morgan fingerprint density at radius 1 is 1.17 bits per heavy atom. The molecule has 4 heteroatoms. The molecular formula is C19H23NO3. The lowest BCUT2D eigenvalue weighted by molar-refractivity contribution is -0.160. The van der Waals surface area contributed by atoms with E-state index in [4.69, 9.17) is 4.74 Å². The van der Waals surface area contributed by atoms with Gasteiger partial charge in [0, 0.05) is 31.3 Å². The predicted octanol–water partition coefficient (Wildman–Crippen LogP) is 2.88. The molecule has 0 aromatic heterocycles. The second-order valence-electron chi connectivity index (χ2n) is 7.13. The highest BCUT2D eigenvalue weighted by Crippen LogP contribution is 2.65. The van der Waals surface area contributed by atoms with Crippen LogP contribution >= 0.6 is 0 Å². The van der Waals surface area contributed by atoms with Gasteiger partial charge in [-0.05, 0) is 18.4 Å². The molecule has 0 unspecified atom stereocenters. The summed E-state index contributed by atoms with van der Waals surface area (Å²) in [6.07, 6.45) is 5.84. The average Bonchev–Trinajstić information content (AvgIpc) is 3.11. The normalized spacial score (nSPS) is 33.4. The number of carbonyl (C=O) groups is 2. The molecule has 1 saturated heterocycles. The van der Waals surface area contributed by atoms with Gasteiger partial charge in [-0.15, -0.1) is 0 Å². The fourth-order valence-corrected chi connectivity index (χ4v) is 4.75. The van der Waals surface area contributed by atoms with Crippen LogP contribution in [0.4, 0.5) is 0 Å². The first-order valence-corrected chi connectivity index (χ1v) is 8.70. The molecule has 2 saturated carbocycles. The molecule has 1 amide bonds. The molecule has 1 heterocycles. The minimum absolute atomic E-state index is 0.0277. The van der Waals surface area contributed by atoms with Crippen molar-refractivity contribution in [3.63, 3.8) is 0 Å². The van der Waals surface area contributed by atoms with Crippen molar-refractivity contribution < 1.29 is 14.3 Å². The van der Waals surface area contributed by atoms with E-state index in [0.29, 0.717) is 6.04 Å². The summed E-state index contributed by atoms with van der Waals surface area (Å²) in [5, 5.41) is 0. The summed E-state index contributed by atoms with van der Waals surface area (Å²) in [6.45, 7) is 2.14. The summed E-state index contributed by atoms with van der Waals surface area (Å²) in [6, 6.07) is 10.3. The van der Waals surface area contributed by atoms with E-state index in [9.17, 15) is 9.59 Å². The molecule has 3 atom stereocenters. The van der Waals surface area contributed by atoms with Crippen LogP contribution in [-0.2, 0) is 14.3 Å². The largest absolute Gasteiger partial charge is 0.448 e. The Labute approximate surface area is 136 Å². The lowest BCUT2D eigenvalue weighted by atomic mass is 9.93. The number of nitrogens with zero attached hydrogens (tertiary/aromatic N) is 1. The van der Waals surface area contributed by atoms with E-state index in [1.165, 1.54) is 26.2 Å². The topological polar surface area (TPSA) is 46.6 Å². The second-order valence-corrected chi connectivity index (χ2v) is 7.13. The van der Waals surface area contributed by atoms with Gasteiger partial charge in [0.1, 0.15) is 0 Å². The SMILES string of the molecule is CC(=O)O[C@]12C(=O)N(C3CCCCC3)C[C@@H]1[C@H]2c1ccccc1. The minimum Gasteiger partial charge on any atom is -0.448 e. The second kappa shape index (κ2) is 5.36. The van der Waals surface area contributed by atoms with Crippen LogP contribution in [0.5, 0.6) is 0 Å². The number of fused-ring (bicyclic) bond motifs is 1. The highest BCUT2D eigenvalue weighted by Gasteiger charge is 2.78. The molecule has 1 aromatic rings. The quantitative estimate of drug-likeness (QED) is 0.806. The fourth-order valence-electron chi connectivity index (χ4n) is 4.75. The molecule has 3 fully saturated rings. The molecule has 1 aliphatic heterocycles. The van der Waals surface area contributed by atoms with Gasteiger partial charge >= 0.3 is 5.97 Å². The summed E-state index contributed by atoms with van der Waals surface area (Å²) in [4.78, 5) is 26.8. The number of ether oxygens (including phenoxy) is 1. The first-order valence-electron chi connectivity index (χ1n) is 8.70. The van der Waals surface area contributed by atoms with Crippen LogP contribution in [0.1, 0.15) is 50.5 Å². The third-order valence-corrected chi connectivity index (χ3v) is 5.78. The van der Waals surface area contributed by atoms with Crippen molar-refractivity contribution in [3.8, 4) is 0 Å². The Kier molecular flexibility index (Phi) is 3.43. The predicted molar refractivity (Wildman–Crippen MR) is 85.8 cm³/mol. The van der Waals surface area contributed by atoms with Crippen LogP contribution < -0.4 is 0 Å². The average molecular weight is 313 g/mol. The lowest BCUT2D eigenvalue weighted by Crippen LogP contribution is -2.45. The van der Waals surface area contributed by atoms with E-state index in [0.717, 1.165) is 24.9 Å². The first-order chi connectivity index (χ1) is 11.1. The van der Waals surface area contributed by atoms with Gasteiger partial charge in [-0.2, -0.15) is 0 Å². The molecule has 0 bridgehead atoms. The van der Waals surface area contributed by atoms with Gasteiger partial charge in [-0.1, -0.05) is 49.6 Å². The lowest BCUT2D eigenvalue weighted by Gasteiger charge is -2.33. The van der Waals surface area contributed by atoms with Crippen molar-refractivity contribution in [1.82, 2.24) is 4.90 Å². The maximum atomic E-state index is 13.1. The number of hydrogen-bond acceptors (Lipinski definition) is 3. The van der Waals surface area contributed by atoms with Gasteiger partial charge in [0.25, 0.3) is 5.91 Å². The summed E-state index contributed by atoms with van der Waals surface area (Å²) in [7, 11) is 0. The van der Waals surface area contributed by atoms with E-state index in [1.807, 2.05) is 35.2 Å². The van der Waals surface area contributed by atoms with Gasteiger partial charge in [-0.25, -0.2) is 0 Å². The molecule has 0 radical (unpaired) electrons. The van der Waals surface area contributed by atoms with E-state index >= 15 is 0 Å². The Bertz CT molecular complexity index is 623. The number of likely N-dealkylation sites (tertiary alicyclic amines) is 1. The Morgan fingerprint density at radius 3 is 2.52 bits per heavy atom. The Balaban J connectivity index is 1.61. The van der Waals surface area contributed by atoms with E-state index < -0.39 is 5.60 Å². The first kappa shape index (κ1) is 14.7. The van der Waals surface area contributed by atoms with Crippen molar-refractivity contribution in [2.24, 2.45) is 5.92 Å². The van der Waals surface area contributed by atoms with E-state index in [-0.39, 0.29) is 23.7 Å². The molecule has 0 spiro atoms. The van der Waals surface area contributed by atoms with Crippen LogP contribution in [0.2, 0.25) is 0 Å². The number of benzene rings is 1. The number of esters is 1. The van der Waals surface area contributed by atoms with Gasteiger partial charge in [0.15, 0.2) is 0 Å². The maximum absolute atomic E-state index is 13.1. The van der Waals surface area contributed by atoms with Crippen molar-refractivity contribution in [2.75, 3.05) is 6.54 Å². The van der Waals surface area contributed by atoms with Crippen LogP contribution in [0.25, 0.3) is 0 Å². The van der Waals surface area contributed by atoms with Crippen LogP contribution in [0.3, 0.4) is 0 Å². The van der Waals surface area contributed by atoms with Crippen molar-refractivity contribution >= 4 is 11.9 Å². The molecular weight excluding hydrogens is 290 g/mol. The smallest absolute Gasteiger partial charge is 0.303 e.